The summed E-state index contributed by atoms with van der Waals surface area (Å²) in [4.78, 5) is 8.89. The summed E-state index contributed by atoms with van der Waals surface area (Å²) in [6, 6.07) is 13.2. The molecule has 140 valence electrons. The molecule has 2 N–H and O–H groups in total. The third-order valence-corrected chi connectivity index (χ3v) is 4.18. The van der Waals surface area contributed by atoms with Crippen LogP contribution in [0.3, 0.4) is 0 Å². The molecule has 0 bridgehead atoms. The van der Waals surface area contributed by atoms with Gasteiger partial charge in [-0.15, -0.1) is 0 Å². The first-order valence-corrected chi connectivity index (χ1v) is 8.74. The number of ether oxygens (including phenoxy) is 2. The zero-order chi connectivity index (χ0) is 19.4. The molecule has 3 rings (SSSR count). The molecular weight excluding hydrogens is 364 g/mol. The molecule has 7 heteroatoms. The lowest BCUT2D eigenvalue weighted by Crippen LogP contribution is -2.02. The first-order chi connectivity index (χ1) is 13.0. The number of methoxy groups -OCH3 is 2. The second-order valence-corrected chi connectivity index (χ2v) is 6.40. The number of rotatable bonds is 6. The summed E-state index contributed by atoms with van der Waals surface area (Å²) in [5.41, 5.74) is 2.77. The van der Waals surface area contributed by atoms with Gasteiger partial charge in [0.2, 0.25) is 0 Å². The maximum Gasteiger partial charge on any atom is 0.142 e. The highest BCUT2D eigenvalue weighted by molar-refractivity contribution is 6.32. The van der Waals surface area contributed by atoms with Crippen molar-refractivity contribution in [1.29, 1.82) is 0 Å². The van der Waals surface area contributed by atoms with Crippen LogP contribution in [0, 0.1) is 13.8 Å². The quantitative estimate of drug-likeness (QED) is 0.604. The molecule has 27 heavy (non-hydrogen) atoms. The van der Waals surface area contributed by atoms with Crippen molar-refractivity contribution in [2.24, 2.45) is 0 Å². The lowest BCUT2D eigenvalue weighted by molar-refractivity contribution is 0.415. The van der Waals surface area contributed by atoms with Crippen LogP contribution in [0.4, 0.5) is 23.0 Å². The number of anilines is 4. The summed E-state index contributed by atoms with van der Waals surface area (Å²) in [5.74, 6) is 3.31. The van der Waals surface area contributed by atoms with E-state index in [0.29, 0.717) is 28.2 Å². The van der Waals surface area contributed by atoms with Gasteiger partial charge in [0, 0.05) is 11.8 Å². The first kappa shape index (κ1) is 18.8. The minimum atomic E-state index is 0.524. The van der Waals surface area contributed by atoms with E-state index in [1.165, 1.54) is 0 Å². The van der Waals surface area contributed by atoms with Crippen LogP contribution in [-0.4, -0.2) is 24.2 Å². The summed E-state index contributed by atoms with van der Waals surface area (Å²) >= 11 is 6.19. The van der Waals surface area contributed by atoms with Crippen molar-refractivity contribution in [2.75, 3.05) is 24.9 Å². The van der Waals surface area contributed by atoms with Gasteiger partial charge in [-0.25, -0.2) is 9.97 Å². The zero-order valence-electron chi connectivity index (χ0n) is 15.6. The van der Waals surface area contributed by atoms with Crippen LogP contribution >= 0.6 is 11.6 Å². The number of hydrogen-bond acceptors (Lipinski definition) is 6. The SMILES string of the molecule is COc1ccc(Nc2cc(Nc3cc(C)ccc3OC)nc(C)n2)cc1Cl. The number of halogens is 1. The Morgan fingerprint density at radius 2 is 1.48 bits per heavy atom. The Labute approximate surface area is 163 Å². The fourth-order valence-corrected chi connectivity index (χ4v) is 2.90. The van der Waals surface area contributed by atoms with Crippen molar-refractivity contribution in [3.8, 4) is 11.5 Å². The van der Waals surface area contributed by atoms with E-state index in [9.17, 15) is 0 Å². The van der Waals surface area contributed by atoms with Crippen molar-refractivity contribution in [1.82, 2.24) is 9.97 Å². The van der Waals surface area contributed by atoms with Gasteiger partial charge in [-0.1, -0.05) is 17.7 Å². The van der Waals surface area contributed by atoms with E-state index < -0.39 is 0 Å². The maximum absolute atomic E-state index is 6.19. The van der Waals surface area contributed by atoms with Crippen LogP contribution < -0.4 is 20.1 Å². The lowest BCUT2D eigenvalue weighted by Gasteiger charge is -2.13. The number of hydrogen-bond donors (Lipinski definition) is 2. The van der Waals surface area contributed by atoms with Gasteiger partial charge in [0.1, 0.15) is 29.0 Å². The van der Waals surface area contributed by atoms with Gasteiger partial charge in [-0.2, -0.15) is 0 Å². The second kappa shape index (κ2) is 8.14. The smallest absolute Gasteiger partial charge is 0.142 e. The lowest BCUT2D eigenvalue weighted by atomic mass is 10.2. The number of aryl methyl sites for hydroxylation is 2. The Bertz CT molecular complexity index is 963. The van der Waals surface area contributed by atoms with E-state index in [1.54, 1.807) is 26.4 Å². The van der Waals surface area contributed by atoms with Crippen molar-refractivity contribution in [3.05, 3.63) is 58.9 Å². The van der Waals surface area contributed by atoms with E-state index in [0.717, 1.165) is 22.7 Å². The summed E-state index contributed by atoms with van der Waals surface area (Å²) in [6.07, 6.45) is 0. The molecule has 1 aromatic heterocycles. The number of aromatic nitrogens is 2. The molecule has 0 unspecified atom stereocenters. The highest BCUT2D eigenvalue weighted by atomic mass is 35.5. The Hall–Kier alpha value is -2.99. The summed E-state index contributed by atoms with van der Waals surface area (Å²) in [5, 5.41) is 7.06. The van der Waals surface area contributed by atoms with Gasteiger partial charge in [0.15, 0.2) is 0 Å². The third-order valence-electron chi connectivity index (χ3n) is 3.88. The van der Waals surface area contributed by atoms with Crippen molar-refractivity contribution in [2.45, 2.75) is 13.8 Å². The van der Waals surface area contributed by atoms with Crippen LogP contribution in [-0.2, 0) is 0 Å². The Morgan fingerprint density at radius 1 is 0.815 bits per heavy atom. The van der Waals surface area contributed by atoms with Crippen LogP contribution in [0.25, 0.3) is 0 Å². The predicted octanol–water partition coefficient (Wildman–Crippen LogP) is 5.25. The molecule has 0 atom stereocenters. The minimum absolute atomic E-state index is 0.524. The highest BCUT2D eigenvalue weighted by Gasteiger charge is 2.08. The normalized spacial score (nSPS) is 10.4. The summed E-state index contributed by atoms with van der Waals surface area (Å²) < 4.78 is 10.6. The maximum atomic E-state index is 6.19. The molecule has 0 radical (unpaired) electrons. The summed E-state index contributed by atoms with van der Waals surface area (Å²) in [7, 11) is 3.22. The Balaban J connectivity index is 1.86. The van der Waals surface area contributed by atoms with E-state index in [4.69, 9.17) is 21.1 Å². The molecule has 0 spiro atoms. The molecule has 0 aliphatic heterocycles. The van der Waals surface area contributed by atoms with Crippen LogP contribution in [0.15, 0.2) is 42.5 Å². The van der Waals surface area contributed by atoms with Gasteiger partial charge in [0.25, 0.3) is 0 Å². The summed E-state index contributed by atoms with van der Waals surface area (Å²) in [6.45, 7) is 3.86. The fraction of sp³-hybridized carbons (Fsp3) is 0.200. The standard InChI is InChI=1S/C20H21ClN4O2/c1-12-5-7-18(27-4)16(9-12)25-20-11-19(22-13(2)23-20)24-14-6-8-17(26-3)15(21)10-14/h5-11H,1-4H3,(H2,22,23,24,25). The monoisotopic (exact) mass is 384 g/mol. The molecule has 3 aromatic rings. The van der Waals surface area contributed by atoms with Crippen molar-refractivity contribution in [3.63, 3.8) is 0 Å². The molecule has 0 amide bonds. The average Bonchev–Trinajstić information content (AvgIpc) is 2.61. The molecule has 2 aromatic carbocycles. The zero-order valence-corrected chi connectivity index (χ0v) is 16.4. The number of benzene rings is 2. The van der Waals surface area contributed by atoms with E-state index in [2.05, 4.69) is 20.6 Å². The molecule has 6 nitrogen and oxygen atoms in total. The van der Waals surface area contributed by atoms with Crippen molar-refractivity contribution >= 4 is 34.6 Å². The molecule has 0 saturated heterocycles. The van der Waals surface area contributed by atoms with Crippen LogP contribution in [0.5, 0.6) is 11.5 Å². The molecule has 0 saturated carbocycles. The molecule has 0 aliphatic carbocycles. The van der Waals surface area contributed by atoms with Crippen LogP contribution in [0.1, 0.15) is 11.4 Å². The molecular formula is C20H21ClN4O2. The fourth-order valence-electron chi connectivity index (χ4n) is 2.65. The van der Waals surface area contributed by atoms with Crippen LogP contribution in [0.2, 0.25) is 5.02 Å². The largest absolute Gasteiger partial charge is 0.495 e. The first-order valence-electron chi connectivity index (χ1n) is 8.36. The Morgan fingerprint density at radius 3 is 2.15 bits per heavy atom. The third kappa shape index (κ3) is 4.60. The van der Waals surface area contributed by atoms with E-state index >= 15 is 0 Å². The van der Waals surface area contributed by atoms with Gasteiger partial charge in [0.05, 0.1) is 24.9 Å². The van der Waals surface area contributed by atoms with Gasteiger partial charge in [-0.05, 0) is 49.7 Å². The molecule has 1 heterocycles. The van der Waals surface area contributed by atoms with Gasteiger partial charge >= 0.3 is 0 Å². The van der Waals surface area contributed by atoms with E-state index in [-0.39, 0.29) is 0 Å². The topological polar surface area (TPSA) is 68.3 Å². The van der Waals surface area contributed by atoms with Crippen molar-refractivity contribution < 1.29 is 9.47 Å². The minimum Gasteiger partial charge on any atom is -0.495 e. The molecule has 0 fully saturated rings. The highest BCUT2D eigenvalue weighted by Crippen LogP contribution is 2.30. The molecule has 0 aliphatic rings. The predicted molar refractivity (Wildman–Crippen MR) is 109 cm³/mol. The number of nitrogens with zero attached hydrogens (tertiary/aromatic N) is 2. The average molecular weight is 385 g/mol. The Kier molecular flexibility index (Phi) is 5.66. The number of nitrogens with one attached hydrogen (secondary N) is 2. The van der Waals surface area contributed by atoms with Gasteiger partial charge < -0.3 is 20.1 Å². The van der Waals surface area contributed by atoms with E-state index in [1.807, 2.05) is 44.2 Å². The van der Waals surface area contributed by atoms with Gasteiger partial charge in [-0.3, -0.25) is 0 Å². The second-order valence-electron chi connectivity index (χ2n) is 5.99.